The van der Waals surface area contributed by atoms with E-state index in [1.54, 1.807) is 0 Å². The van der Waals surface area contributed by atoms with Crippen molar-refractivity contribution in [2.45, 2.75) is 13.3 Å². The molecule has 0 aliphatic carbocycles. The summed E-state index contributed by atoms with van der Waals surface area (Å²) in [6.45, 7) is 5.29. The van der Waals surface area contributed by atoms with E-state index in [-0.39, 0.29) is 5.91 Å². The summed E-state index contributed by atoms with van der Waals surface area (Å²) in [6, 6.07) is 7.56. The summed E-state index contributed by atoms with van der Waals surface area (Å²) in [7, 11) is 0. The van der Waals surface area contributed by atoms with E-state index >= 15 is 0 Å². The zero-order valence-electron chi connectivity index (χ0n) is 12.4. The number of hydrogen-bond donors (Lipinski definition) is 1. The molecule has 1 aromatic heterocycles. The number of benzene rings is 1. The Labute approximate surface area is 139 Å². The van der Waals surface area contributed by atoms with Crippen molar-refractivity contribution in [3.8, 4) is 10.6 Å². The molecule has 0 radical (unpaired) electrons. The van der Waals surface area contributed by atoms with E-state index in [1.807, 2.05) is 36.1 Å². The first-order chi connectivity index (χ1) is 10.6. The van der Waals surface area contributed by atoms with Crippen molar-refractivity contribution in [3.05, 3.63) is 39.9 Å². The number of nitrogens with one attached hydrogen (secondary N) is 1. The second kappa shape index (κ2) is 6.77. The molecule has 3 rings (SSSR count). The molecule has 1 saturated heterocycles. The highest BCUT2D eigenvalue weighted by Crippen LogP contribution is 2.29. The molecule has 0 bridgehead atoms. The van der Waals surface area contributed by atoms with Crippen molar-refractivity contribution in [2.75, 3.05) is 26.2 Å². The minimum absolute atomic E-state index is 0.0962. The third-order valence-electron chi connectivity index (χ3n) is 3.71. The average molecular weight is 336 g/mol. The van der Waals surface area contributed by atoms with Gasteiger partial charge in [0, 0.05) is 30.2 Å². The van der Waals surface area contributed by atoms with Crippen molar-refractivity contribution < 1.29 is 4.79 Å². The van der Waals surface area contributed by atoms with Gasteiger partial charge in [-0.3, -0.25) is 4.79 Å². The van der Waals surface area contributed by atoms with Crippen LogP contribution in [0.25, 0.3) is 10.6 Å². The van der Waals surface area contributed by atoms with Crippen LogP contribution in [0.2, 0.25) is 5.02 Å². The summed E-state index contributed by atoms with van der Waals surface area (Å²) in [6.07, 6.45) is 0.994. The van der Waals surface area contributed by atoms with Crippen LogP contribution in [0.4, 0.5) is 0 Å². The lowest BCUT2D eigenvalue weighted by molar-refractivity contribution is 0.0770. The molecule has 0 spiro atoms. The number of nitrogens with zero attached hydrogens (tertiary/aromatic N) is 2. The molecule has 2 heterocycles. The molecule has 22 heavy (non-hydrogen) atoms. The van der Waals surface area contributed by atoms with Crippen LogP contribution in [0.5, 0.6) is 0 Å². The normalized spacial score (nSPS) is 15.6. The van der Waals surface area contributed by atoms with Gasteiger partial charge in [-0.25, -0.2) is 4.98 Å². The number of carbonyl (C=O) groups excluding carboxylic acids is 1. The molecule has 1 amide bonds. The number of aromatic nitrogens is 1. The first kappa shape index (κ1) is 15.5. The smallest absolute Gasteiger partial charge is 0.265 e. The molecule has 0 unspecified atom stereocenters. The van der Waals surface area contributed by atoms with Gasteiger partial charge in [0.1, 0.15) is 9.88 Å². The summed E-state index contributed by atoms with van der Waals surface area (Å²) < 4.78 is 0. The largest absolute Gasteiger partial charge is 0.337 e. The van der Waals surface area contributed by atoms with Gasteiger partial charge >= 0.3 is 0 Å². The molecule has 0 atom stereocenters. The van der Waals surface area contributed by atoms with E-state index in [9.17, 15) is 4.79 Å². The molecular weight excluding hydrogens is 318 g/mol. The zero-order valence-corrected chi connectivity index (χ0v) is 14.0. The zero-order chi connectivity index (χ0) is 15.5. The number of rotatable bonds is 2. The highest BCUT2D eigenvalue weighted by Gasteiger charge is 2.22. The van der Waals surface area contributed by atoms with Crippen LogP contribution in [-0.4, -0.2) is 42.0 Å². The Hall–Kier alpha value is -1.43. The van der Waals surface area contributed by atoms with Gasteiger partial charge in [-0.15, -0.1) is 11.3 Å². The van der Waals surface area contributed by atoms with Crippen LogP contribution in [-0.2, 0) is 0 Å². The molecule has 0 saturated carbocycles. The SMILES string of the molecule is Cc1nc(-c2ccc(Cl)cc2)sc1C(=O)N1CCCNCC1. The maximum Gasteiger partial charge on any atom is 0.265 e. The lowest BCUT2D eigenvalue weighted by Gasteiger charge is -2.19. The van der Waals surface area contributed by atoms with E-state index in [4.69, 9.17) is 11.6 Å². The highest BCUT2D eigenvalue weighted by atomic mass is 35.5. The maximum absolute atomic E-state index is 12.7. The van der Waals surface area contributed by atoms with Gasteiger partial charge in [0.15, 0.2) is 0 Å². The summed E-state index contributed by atoms with van der Waals surface area (Å²) >= 11 is 7.38. The van der Waals surface area contributed by atoms with Crippen molar-refractivity contribution in [1.82, 2.24) is 15.2 Å². The standard InChI is InChI=1S/C16H18ClN3OS/c1-11-14(16(21)20-9-2-7-18-8-10-20)22-15(19-11)12-3-5-13(17)6-4-12/h3-6,18H,2,7-10H2,1H3. The first-order valence-electron chi connectivity index (χ1n) is 7.38. The topological polar surface area (TPSA) is 45.2 Å². The van der Waals surface area contributed by atoms with Crippen LogP contribution in [0.3, 0.4) is 0 Å². The predicted octanol–water partition coefficient (Wildman–Crippen LogP) is 3.21. The van der Waals surface area contributed by atoms with Crippen LogP contribution in [0.1, 0.15) is 21.8 Å². The Morgan fingerprint density at radius 1 is 1.27 bits per heavy atom. The van der Waals surface area contributed by atoms with Crippen LogP contribution in [0, 0.1) is 6.92 Å². The fraction of sp³-hybridized carbons (Fsp3) is 0.375. The quantitative estimate of drug-likeness (QED) is 0.916. The van der Waals surface area contributed by atoms with Gasteiger partial charge in [0.25, 0.3) is 5.91 Å². The first-order valence-corrected chi connectivity index (χ1v) is 8.58. The minimum atomic E-state index is 0.0962. The maximum atomic E-state index is 12.7. The molecule has 4 nitrogen and oxygen atoms in total. The van der Waals surface area contributed by atoms with Gasteiger partial charge in [-0.1, -0.05) is 23.7 Å². The van der Waals surface area contributed by atoms with Crippen LogP contribution in [0.15, 0.2) is 24.3 Å². The third kappa shape index (κ3) is 3.32. The summed E-state index contributed by atoms with van der Waals surface area (Å²) in [4.78, 5) is 19.9. The van der Waals surface area contributed by atoms with Crippen LogP contribution >= 0.6 is 22.9 Å². The minimum Gasteiger partial charge on any atom is -0.337 e. The number of thiazole rings is 1. The van der Waals surface area contributed by atoms with Crippen molar-refractivity contribution >= 4 is 28.8 Å². The summed E-state index contributed by atoms with van der Waals surface area (Å²) in [5, 5.41) is 4.88. The Kier molecular flexibility index (Phi) is 4.76. The Morgan fingerprint density at radius 3 is 2.82 bits per heavy atom. The molecule has 1 aliphatic rings. The Morgan fingerprint density at radius 2 is 2.05 bits per heavy atom. The molecule has 6 heteroatoms. The van der Waals surface area contributed by atoms with Gasteiger partial charge in [-0.2, -0.15) is 0 Å². The van der Waals surface area contributed by atoms with Gasteiger partial charge < -0.3 is 10.2 Å². The van der Waals surface area contributed by atoms with Crippen molar-refractivity contribution in [1.29, 1.82) is 0 Å². The fourth-order valence-corrected chi connectivity index (χ4v) is 3.67. The van der Waals surface area contributed by atoms with E-state index in [1.165, 1.54) is 11.3 Å². The van der Waals surface area contributed by atoms with E-state index in [0.717, 1.165) is 53.7 Å². The third-order valence-corrected chi connectivity index (χ3v) is 5.16. The van der Waals surface area contributed by atoms with Gasteiger partial charge in [0.2, 0.25) is 0 Å². The van der Waals surface area contributed by atoms with Gasteiger partial charge in [-0.05, 0) is 32.0 Å². The van der Waals surface area contributed by atoms with E-state index in [2.05, 4.69) is 10.3 Å². The van der Waals surface area contributed by atoms with Crippen molar-refractivity contribution in [2.24, 2.45) is 0 Å². The highest BCUT2D eigenvalue weighted by molar-refractivity contribution is 7.17. The second-order valence-corrected chi connectivity index (χ2v) is 6.77. The summed E-state index contributed by atoms with van der Waals surface area (Å²) in [5.41, 5.74) is 1.80. The van der Waals surface area contributed by atoms with Crippen LogP contribution < -0.4 is 5.32 Å². The number of carbonyl (C=O) groups is 1. The van der Waals surface area contributed by atoms with Crippen molar-refractivity contribution in [3.63, 3.8) is 0 Å². The lowest BCUT2D eigenvalue weighted by Crippen LogP contribution is -2.34. The summed E-state index contributed by atoms with van der Waals surface area (Å²) in [5.74, 6) is 0.0962. The monoisotopic (exact) mass is 335 g/mol. The fourth-order valence-electron chi connectivity index (χ4n) is 2.50. The predicted molar refractivity (Wildman–Crippen MR) is 90.7 cm³/mol. The molecule has 1 fully saturated rings. The van der Waals surface area contributed by atoms with E-state index < -0.39 is 0 Å². The number of hydrogen-bond acceptors (Lipinski definition) is 4. The molecule has 2 aromatic rings. The van der Waals surface area contributed by atoms with Gasteiger partial charge in [0.05, 0.1) is 5.69 Å². The number of amides is 1. The molecule has 1 aromatic carbocycles. The van der Waals surface area contributed by atoms with E-state index in [0.29, 0.717) is 5.02 Å². The number of aryl methyl sites for hydroxylation is 1. The Bertz CT molecular complexity index is 661. The Balaban J connectivity index is 1.85. The lowest BCUT2D eigenvalue weighted by atomic mass is 10.2. The molecule has 1 aliphatic heterocycles. The second-order valence-electron chi connectivity index (χ2n) is 5.34. The molecule has 1 N–H and O–H groups in total. The molecule has 116 valence electrons. The molecular formula is C16H18ClN3OS. The number of halogens is 1. The average Bonchev–Trinajstić information content (AvgIpc) is 2.74.